The number of hydrogen-bond donors (Lipinski definition) is 0. The van der Waals surface area contributed by atoms with Gasteiger partial charge in [-0.1, -0.05) is 0 Å². The molecule has 1 unspecified atom stereocenters. The Morgan fingerprint density at radius 2 is 1.00 bits per heavy atom. The molecule has 4 heavy (non-hydrogen) atoms. The van der Waals surface area contributed by atoms with E-state index in [0.29, 0.717) is 0 Å². The van der Waals surface area contributed by atoms with Gasteiger partial charge in [0.2, 0.25) is 0 Å². The van der Waals surface area contributed by atoms with Crippen molar-refractivity contribution in [3.05, 3.63) is 0 Å². The molecule has 0 aliphatic rings. The molecule has 0 bridgehead atoms. The standard InChI is InChI=1S/B.Ga.In.H3P.6H/h;;;1H3;;;;;;. The molecule has 0 amide bonds. The quantitative estimate of drug-likeness (QED) is 0.317. The Labute approximate surface area is 63.5 Å². The Morgan fingerprint density at radius 1 is 1.00 bits per heavy atom. The van der Waals surface area contributed by atoms with Gasteiger partial charge in [0.15, 0.2) is 0 Å². The molecule has 0 saturated carbocycles. The maximum atomic E-state index is 0. The van der Waals surface area contributed by atoms with E-state index < -0.39 is 0 Å². The minimum atomic E-state index is 0. The van der Waals surface area contributed by atoms with Crippen molar-refractivity contribution in [2.75, 3.05) is 0 Å². The van der Waals surface area contributed by atoms with E-state index in [2.05, 4.69) is 0 Å². The fourth-order valence-electron chi connectivity index (χ4n) is 0. The van der Waals surface area contributed by atoms with Crippen molar-refractivity contribution in [2.45, 2.75) is 0 Å². The van der Waals surface area contributed by atoms with Gasteiger partial charge >= 0.3 is 45.6 Å². The second kappa shape index (κ2) is 20.0. The summed E-state index contributed by atoms with van der Waals surface area (Å²) in [5.74, 6) is 0. The molecule has 0 heterocycles. The van der Waals surface area contributed by atoms with Crippen LogP contribution in [-0.4, -0.2) is 54.0 Å². The average Bonchev–Trinajstić information content (AvgIpc) is 0. The molecule has 0 aromatic carbocycles. The first kappa shape index (κ1) is 37.5. The van der Waals surface area contributed by atoms with E-state index in [-0.39, 0.29) is 63.9 Å². The monoisotopic (exact) mass is 235 g/mol. The molecule has 0 aliphatic heterocycles. The van der Waals surface area contributed by atoms with Gasteiger partial charge in [-0.3, -0.25) is 0 Å². The van der Waals surface area contributed by atoms with Gasteiger partial charge in [-0.15, -0.1) is 0 Å². The first-order valence-corrected chi connectivity index (χ1v) is 0. The molecule has 0 aromatic rings. The van der Waals surface area contributed by atoms with Crippen LogP contribution in [0.5, 0.6) is 0 Å². The predicted octanol–water partition coefficient (Wildman–Crippen LogP) is -2.69. The fourth-order valence-corrected chi connectivity index (χ4v) is 0. The van der Waals surface area contributed by atoms with Crippen LogP contribution < -0.4 is 0 Å². The van der Waals surface area contributed by atoms with Crippen LogP contribution in [0.15, 0.2) is 0 Å². The van der Waals surface area contributed by atoms with Gasteiger partial charge in [0.1, 0.15) is 0 Å². The van der Waals surface area contributed by atoms with Crippen LogP contribution in [0.2, 0.25) is 0 Å². The van der Waals surface area contributed by atoms with E-state index >= 15 is 0 Å². The van der Waals surface area contributed by atoms with Crippen LogP contribution in [0.3, 0.4) is 0 Å². The molecule has 23 valence electrons. The van der Waals surface area contributed by atoms with Gasteiger partial charge in [-0.05, 0) is 0 Å². The Balaban J connectivity index is 0. The van der Waals surface area contributed by atoms with Crippen molar-refractivity contribution in [1.29, 1.82) is 0 Å². The third-order valence-electron chi connectivity index (χ3n) is 0. The summed E-state index contributed by atoms with van der Waals surface area (Å²) in [6.45, 7) is 0. The van der Waals surface area contributed by atoms with E-state index in [1.807, 2.05) is 0 Å². The molecule has 1 atom stereocenters. The number of rotatable bonds is 0. The molecule has 0 aromatic heterocycles. The molecule has 0 nitrogen and oxygen atoms in total. The van der Waals surface area contributed by atoms with Crippen molar-refractivity contribution in [2.24, 2.45) is 0 Å². The summed E-state index contributed by atoms with van der Waals surface area (Å²) in [5, 5.41) is 0. The van der Waals surface area contributed by atoms with Crippen LogP contribution in [0.4, 0.5) is 0 Å². The van der Waals surface area contributed by atoms with Gasteiger partial charge in [-0.25, -0.2) is 0 Å². The summed E-state index contributed by atoms with van der Waals surface area (Å²) in [6.07, 6.45) is 0. The zero-order chi connectivity index (χ0) is 0. The van der Waals surface area contributed by atoms with Crippen LogP contribution >= 0.6 is 9.90 Å². The summed E-state index contributed by atoms with van der Waals surface area (Å²) in [6, 6.07) is 0. The van der Waals surface area contributed by atoms with Gasteiger partial charge < -0.3 is 0 Å². The van der Waals surface area contributed by atoms with Crippen LogP contribution in [0.25, 0.3) is 0 Å². The van der Waals surface area contributed by atoms with Crippen molar-refractivity contribution in [1.82, 2.24) is 0 Å². The zero-order valence-electron chi connectivity index (χ0n) is 1.28. The molecular formula is H9BGaInP. The molecule has 4 heteroatoms. The van der Waals surface area contributed by atoms with Gasteiger partial charge in [0, 0.05) is 8.41 Å². The summed E-state index contributed by atoms with van der Waals surface area (Å²) >= 11 is 0. The topological polar surface area (TPSA) is 0 Å². The SMILES string of the molecule is P.[B].[GaH3].[InH3]. The molecule has 0 rings (SSSR count). The fraction of sp³-hybridized carbons (Fsp3) is 0. The van der Waals surface area contributed by atoms with Gasteiger partial charge in [0.05, 0.1) is 0 Å². The normalized spacial score (nSPS) is 0. The third kappa shape index (κ3) is 9.00. The maximum absolute atomic E-state index is 0. The zero-order valence-corrected chi connectivity index (χ0v) is 2.70. The Kier molecular flexibility index (Phi) is 187. The second-order valence-electron chi connectivity index (χ2n) is 0. The Hall–Kier alpha value is 2.00. The van der Waals surface area contributed by atoms with Crippen LogP contribution in [0, 0.1) is 0 Å². The molecule has 0 spiro atoms. The molecule has 0 saturated heterocycles. The van der Waals surface area contributed by atoms with E-state index in [1.54, 1.807) is 0 Å². The molecule has 0 N–H and O–H groups in total. The molecule has 0 fully saturated rings. The third-order valence-corrected chi connectivity index (χ3v) is 0. The Morgan fingerprint density at radius 3 is 1.00 bits per heavy atom. The molecule has 0 aliphatic carbocycles. The van der Waals surface area contributed by atoms with E-state index in [1.165, 1.54) is 0 Å². The first-order chi connectivity index (χ1) is 0. The summed E-state index contributed by atoms with van der Waals surface area (Å²) in [5.41, 5.74) is 0. The molecular weight excluding hydrogens is 226 g/mol. The van der Waals surface area contributed by atoms with Gasteiger partial charge in [-0.2, -0.15) is 9.90 Å². The minimum absolute atomic E-state index is 0. The number of hydrogen-bond acceptors (Lipinski definition) is 0. The second-order valence-corrected chi connectivity index (χ2v) is 0. The summed E-state index contributed by atoms with van der Waals surface area (Å²) in [7, 11) is 0. The van der Waals surface area contributed by atoms with Crippen molar-refractivity contribution in [3.63, 3.8) is 0 Å². The van der Waals surface area contributed by atoms with Crippen molar-refractivity contribution < 1.29 is 0 Å². The van der Waals surface area contributed by atoms with E-state index in [9.17, 15) is 0 Å². The summed E-state index contributed by atoms with van der Waals surface area (Å²) < 4.78 is 0. The summed E-state index contributed by atoms with van der Waals surface area (Å²) in [4.78, 5) is 0. The van der Waals surface area contributed by atoms with Crippen LogP contribution in [0.1, 0.15) is 0 Å². The van der Waals surface area contributed by atoms with Crippen molar-refractivity contribution in [3.8, 4) is 0 Å². The predicted molar refractivity (Wildman–Crippen MR) is 36.7 cm³/mol. The average molecular weight is 235 g/mol. The van der Waals surface area contributed by atoms with Crippen LogP contribution in [-0.2, 0) is 0 Å². The van der Waals surface area contributed by atoms with Gasteiger partial charge in [0.25, 0.3) is 0 Å². The van der Waals surface area contributed by atoms with Crippen molar-refractivity contribution >= 4 is 63.9 Å². The van der Waals surface area contributed by atoms with E-state index in [4.69, 9.17) is 0 Å². The Bertz CT molecular complexity index is 8.00. The first-order valence-electron chi connectivity index (χ1n) is 0. The molecule has 3 radical (unpaired) electrons. The van der Waals surface area contributed by atoms with E-state index in [0.717, 1.165) is 0 Å².